The Balaban J connectivity index is 1.69. The molecule has 21 heavy (non-hydrogen) atoms. The molecule has 6 nitrogen and oxygen atoms in total. The average molecular weight is 282 g/mol. The Morgan fingerprint density at radius 2 is 2.24 bits per heavy atom. The van der Waals surface area contributed by atoms with Crippen molar-refractivity contribution >= 4 is 17.5 Å². The number of rotatable bonds is 3. The van der Waals surface area contributed by atoms with Gasteiger partial charge in [0.1, 0.15) is 5.82 Å². The molecular weight excluding hydrogens is 268 g/mol. The Labute approximate surface area is 121 Å². The molecule has 2 amide bonds. The molecule has 3 rings (SSSR count). The highest BCUT2D eigenvalue weighted by atomic mass is 16.2. The third-order valence-electron chi connectivity index (χ3n) is 3.26. The second kappa shape index (κ2) is 5.32. The van der Waals surface area contributed by atoms with Gasteiger partial charge in [-0.1, -0.05) is 6.07 Å². The summed E-state index contributed by atoms with van der Waals surface area (Å²) >= 11 is 0. The van der Waals surface area contributed by atoms with Crippen LogP contribution in [-0.4, -0.2) is 21.8 Å². The maximum Gasteiger partial charge on any atom is 0.251 e. The van der Waals surface area contributed by atoms with Crippen molar-refractivity contribution in [2.45, 2.75) is 19.9 Å². The van der Waals surface area contributed by atoms with Crippen molar-refractivity contribution in [2.24, 2.45) is 0 Å². The van der Waals surface area contributed by atoms with E-state index in [1.165, 1.54) is 0 Å². The van der Waals surface area contributed by atoms with Gasteiger partial charge in [0.05, 0.1) is 18.7 Å². The van der Waals surface area contributed by atoms with Gasteiger partial charge in [0.15, 0.2) is 0 Å². The van der Waals surface area contributed by atoms with Gasteiger partial charge in [-0.3, -0.25) is 9.59 Å². The van der Waals surface area contributed by atoms with Gasteiger partial charge in [0.2, 0.25) is 5.91 Å². The molecule has 1 aromatic carbocycles. The summed E-state index contributed by atoms with van der Waals surface area (Å²) in [4.78, 5) is 31.6. The van der Waals surface area contributed by atoms with E-state index in [1.807, 2.05) is 0 Å². The van der Waals surface area contributed by atoms with Crippen molar-refractivity contribution in [3.05, 3.63) is 53.1 Å². The summed E-state index contributed by atoms with van der Waals surface area (Å²) in [5.41, 5.74) is 2.90. The standard InChI is InChI=1S/C15H14N4O2/c1-9-16-5-4-12(18-9)8-17-15(21)11-3-2-10-7-14(20)19-13(10)6-11/h2-6H,7-8H2,1H3,(H,17,21)(H,19,20). The third kappa shape index (κ3) is 2.89. The number of amides is 2. The molecule has 0 bridgehead atoms. The number of carbonyl (C=O) groups excluding carboxylic acids is 2. The Morgan fingerprint density at radius 3 is 3.05 bits per heavy atom. The number of nitrogens with zero attached hydrogens (tertiary/aromatic N) is 2. The minimum absolute atomic E-state index is 0.0426. The molecular formula is C15H14N4O2. The molecule has 106 valence electrons. The number of fused-ring (bicyclic) bond motifs is 1. The zero-order valence-corrected chi connectivity index (χ0v) is 11.5. The van der Waals surface area contributed by atoms with E-state index in [9.17, 15) is 9.59 Å². The first-order valence-electron chi connectivity index (χ1n) is 6.61. The van der Waals surface area contributed by atoms with E-state index >= 15 is 0 Å². The van der Waals surface area contributed by atoms with E-state index in [0.29, 0.717) is 30.0 Å². The molecule has 0 fully saturated rings. The maximum absolute atomic E-state index is 12.1. The molecule has 0 unspecified atom stereocenters. The number of aryl methyl sites for hydroxylation is 1. The molecule has 2 aromatic rings. The summed E-state index contributed by atoms with van der Waals surface area (Å²) in [5.74, 6) is 0.427. The van der Waals surface area contributed by atoms with Crippen LogP contribution < -0.4 is 10.6 Å². The summed E-state index contributed by atoms with van der Waals surface area (Å²) in [7, 11) is 0. The Morgan fingerprint density at radius 1 is 1.38 bits per heavy atom. The fourth-order valence-corrected chi connectivity index (χ4v) is 2.23. The number of nitrogens with one attached hydrogen (secondary N) is 2. The zero-order chi connectivity index (χ0) is 14.8. The lowest BCUT2D eigenvalue weighted by atomic mass is 10.1. The van der Waals surface area contributed by atoms with Crippen molar-refractivity contribution in [1.29, 1.82) is 0 Å². The molecule has 6 heteroatoms. The molecule has 0 saturated carbocycles. The monoisotopic (exact) mass is 282 g/mol. The minimum atomic E-state index is -0.199. The minimum Gasteiger partial charge on any atom is -0.346 e. The normalized spacial score (nSPS) is 12.7. The first-order chi connectivity index (χ1) is 10.1. The van der Waals surface area contributed by atoms with Crippen molar-refractivity contribution in [1.82, 2.24) is 15.3 Å². The van der Waals surface area contributed by atoms with E-state index in [1.54, 1.807) is 37.4 Å². The van der Waals surface area contributed by atoms with Crippen LogP contribution in [0.25, 0.3) is 0 Å². The Kier molecular flexibility index (Phi) is 3.35. The number of benzene rings is 1. The van der Waals surface area contributed by atoms with Crippen LogP contribution in [-0.2, 0) is 17.8 Å². The van der Waals surface area contributed by atoms with Crippen molar-refractivity contribution in [3.8, 4) is 0 Å². The molecule has 0 atom stereocenters. The maximum atomic E-state index is 12.1. The number of hydrogen-bond acceptors (Lipinski definition) is 4. The van der Waals surface area contributed by atoms with Crippen LogP contribution in [0.3, 0.4) is 0 Å². The first kappa shape index (κ1) is 13.2. The summed E-state index contributed by atoms with van der Waals surface area (Å²) in [6.45, 7) is 2.14. The number of hydrogen-bond donors (Lipinski definition) is 2. The molecule has 2 N–H and O–H groups in total. The predicted molar refractivity (Wildman–Crippen MR) is 76.7 cm³/mol. The van der Waals surface area contributed by atoms with Gasteiger partial charge in [-0.25, -0.2) is 9.97 Å². The van der Waals surface area contributed by atoms with E-state index in [-0.39, 0.29) is 11.8 Å². The molecule has 0 saturated heterocycles. The molecule has 1 aliphatic rings. The lowest BCUT2D eigenvalue weighted by molar-refractivity contribution is -0.115. The van der Waals surface area contributed by atoms with Crippen LogP contribution in [0.1, 0.15) is 27.4 Å². The van der Waals surface area contributed by atoms with Crippen LogP contribution in [0.5, 0.6) is 0 Å². The fraction of sp³-hybridized carbons (Fsp3) is 0.200. The fourth-order valence-electron chi connectivity index (χ4n) is 2.23. The van der Waals surface area contributed by atoms with Gasteiger partial charge >= 0.3 is 0 Å². The number of anilines is 1. The Hall–Kier alpha value is -2.76. The average Bonchev–Trinajstić information content (AvgIpc) is 2.84. The quantitative estimate of drug-likeness (QED) is 0.886. The third-order valence-corrected chi connectivity index (χ3v) is 3.26. The summed E-state index contributed by atoms with van der Waals surface area (Å²) in [5, 5.41) is 5.54. The van der Waals surface area contributed by atoms with Crippen molar-refractivity contribution < 1.29 is 9.59 Å². The molecule has 1 aromatic heterocycles. The van der Waals surface area contributed by atoms with Gasteiger partial charge in [-0.2, -0.15) is 0 Å². The van der Waals surface area contributed by atoms with Crippen LogP contribution in [0.2, 0.25) is 0 Å². The molecule has 0 radical (unpaired) electrons. The second-order valence-corrected chi connectivity index (χ2v) is 4.87. The van der Waals surface area contributed by atoms with E-state index in [2.05, 4.69) is 20.6 Å². The largest absolute Gasteiger partial charge is 0.346 e. The van der Waals surface area contributed by atoms with Crippen molar-refractivity contribution in [3.63, 3.8) is 0 Å². The summed E-state index contributed by atoms with van der Waals surface area (Å²) in [6, 6.07) is 6.98. The summed E-state index contributed by atoms with van der Waals surface area (Å²) < 4.78 is 0. The first-order valence-corrected chi connectivity index (χ1v) is 6.61. The Bertz CT molecular complexity index is 727. The molecule has 1 aliphatic heterocycles. The summed E-state index contributed by atoms with van der Waals surface area (Å²) in [6.07, 6.45) is 2.03. The second-order valence-electron chi connectivity index (χ2n) is 4.87. The van der Waals surface area contributed by atoms with Gasteiger partial charge in [0.25, 0.3) is 5.91 Å². The van der Waals surface area contributed by atoms with Crippen LogP contribution in [0, 0.1) is 6.92 Å². The highest BCUT2D eigenvalue weighted by Gasteiger charge is 2.18. The van der Waals surface area contributed by atoms with Gasteiger partial charge < -0.3 is 10.6 Å². The highest BCUT2D eigenvalue weighted by Crippen LogP contribution is 2.23. The van der Waals surface area contributed by atoms with E-state index in [0.717, 1.165) is 11.3 Å². The van der Waals surface area contributed by atoms with Gasteiger partial charge in [-0.15, -0.1) is 0 Å². The molecule has 0 aliphatic carbocycles. The number of carbonyl (C=O) groups is 2. The zero-order valence-electron chi connectivity index (χ0n) is 11.5. The van der Waals surface area contributed by atoms with Crippen LogP contribution in [0.15, 0.2) is 30.5 Å². The highest BCUT2D eigenvalue weighted by molar-refractivity contribution is 6.02. The predicted octanol–water partition coefficient (Wildman–Crippen LogP) is 1.21. The van der Waals surface area contributed by atoms with Gasteiger partial charge in [0, 0.05) is 17.4 Å². The van der Waals surface area contributed by atoms with Crippen molar-refractivity contribution in [2.75, 3.05) is 5.32 Å². The topological polar surface area (TPSA) is 84.0 Å². The number of aromatic nitrogens is 2. The lowest BCUT2D eigenvalue weighted by Gasteiger charge is -2.07. The SMILES string of the molecule is Cc1nccc(CNC(=O)c2ccc3c(c2)NC(=O)C3)n1. The van der Waals surface area contributed by atoms with Crippen LogP contribution in [0.4, 0.5) is 5.69 Å². The van der Waals surface area contributed by atoms with Crippen LogP contribution >= 0.6 is 0 Å². The van der Waals surface area contributed by atoms with E-state index in [4.69, 9.17) is 0 Å². The van der Waals surface area contributed by atoms with Gasteiger partial charge in [-0.05, 0) is 30.7 Å². The van der Waals surface area contributed by atoms with E-state index < -0.39 is 0 Å². The molecule has 2 heterocycles. The molecule has 0 spiro atoms. The smallest absolute Gasteiger partial charge is 0.251 e. The lowest BCUT2D eigenvalue weighted by Crippen LogP contribution is -2.23.